The SMILES string of the molecule is CN(C)C12CC(NC(=O)c3cccnc3)C(C(c3ccccc3)C1)C(c1ccccc1)C2. The molecule has 2 bridgehead atoms. The van der Waals surface area contributed by atoms with Gasteiger partial charge in [-0.15, -0.1) is 0 Å². The van der Waals surface area contributed by atoms with Crippen molar-refractivity contribution in [3.63, 3.8) is 0 Å². The zero-order valence-electron chi connectivity index (χ0n) is 18.8. The van der Waals surface area contributed by atoms with Gasteiger partial charge in [0, 0.05) is 24.0 Å². The molecule has 0 saturated heterocycles. The third-order valence-electron chi connectivity index (χ3n) is 7.84. The van der Waals surface area contributed by atoms with Gasteiger partial charge in [-0.25, -0.2) is 0 Å². The molecule has 3 aliphatic rings. The summed E-state index contributed by atoms with van der Waals surface area (Å²) in [6, 6.07) is 25.5. The van der Waals surface area contributed by atoms with E-state index in [9.17, 15) is 4.79 Å². The van der Waals surface area contributed by atoms with Gasteiger partial charge in [0.2, 0.25) is 0 Å². The van der Waals surface area contributed by atoms with E-state index < -0.39 is 0 Å². The lowest BCUT2D eigenvalue weighted by Crippen LogP contribution is -2.64. The van der Waals surface area contributed by atoms with E-state index in [1.165, 1.54) is 11.1 Å². The number of aromatic nitrogens is 1. The Morgan fingerprint density at radius 2 is 1.47 bits per heavy atom. The summed E-state index contributed by atoms with van der Waals surface area (Å²) in [7, 11) is 4.41. The van der Waals surface area contributed by atoms with Gasteiger partial charge in [0.05, 0.1) is 5.56 Å². The first-order chi connectivity index (χ1) is 15.6. The average molecular weight is 426 g/mol. The Labute approximate surface area is 190 Å². The molecule has 164 valence electrons. The molecular formula is C28H31N3O. The van der Waals surface area contributed by atoms with E-state index in [4.69, 9.17) is 0 Å². The van der Waals surface area contributed by atoms with Crippen LogP contribution in [0.4, 0.5) is 0 Å². The molecule has 0 spiro atoms. The summed E-state index contributed by atoms with van der Waals surface area (Å²) in [6.07, 6.45) is 6.58. The maximum Gasteiger partial charge on any atom is 0.253 e. The molecule has 2 aromatic carbocycles. The first-order valence-electron chi connectivity index (χ1n) is 11.6. The maximum absolute atomic E-state index is 13.2. The normalized spacial score (nSPS) is 29.1. The van der Waals surface area contributed by atoms with Gasteiger partial charge in [-0.3, -0.25) is 9.78 Å². The Morgan fingerprint density at radius 3 is 1.97 bits per heavy atom. The summed E-state index contributed by atoms with van der Waals surface area (Å²) in [5.41, 5.74) is 3.43. The van der Waals surface area contributed by atoms with Crippen molar-refractivity contribution in [1.29, 1.82) is 0 Å². The number of carbonyl (C=O) groups excluding carboxylic acids is 1. The number of hydrogen-bond donors (Lipinski definition) is 1. The second-order valence-electron chi connectivity index (χ2n) is 9.66. The largest absolute Gasteiger partial charge is 0.349 e. The van der Waals surface area contributed by atoms with Crippen molar-refractivity contribution in [2.24, 2.45) is 5.92 Å². The van der Waals surface area contributed by atoms with Gasteiger partial charge in [-0.2, -0.15) is 0 Å². The first-order valence-corrected chi connectivity index (χ1v) is 11.6. The van der Waals surface area contributed by atoms with Crippen LogP contribution >= 0.6 is 0 Å². The number of hydrogen-bond acceptors (Lipinski definition) is 3. The molecule has 1 aromatic heterocycles. The Kier molecular flexibility index (Phi) is 5.56. The van der Waals surface area contributed by atoms with Crippen LogP contribution in [0.15, 0.2) is 85.2 Å². The molecule has 4 nitrogen and oxygen atoms in total. The number of nitrogens with zero attached hydrogens (tertiary/aromatic N) is 2. The lowest BCUT2D eigenvalue weighted by atomic mass is 9.51. The van der Waals surface area contributed by atoms with Crippen LogP contribution in [0.5, 0.6) is 0 Å². The van der Waals surface area contributed by atoms with Crippen LogP contribution in [0, 0.1) is 5.92 Å². The van der Waals surface area contributed by atoms with Crippen LogP contribution in [0.25, 0.3) is 0 Å². The molecule has 3 unspecified atom stereocenters. The number of carbonyl (C=O) groups is 1. The van der Waals surface area contributed by atoms with Crippen molar-refractivity contribution < 1.29 is 4.79 Å². The van der Waals surface area contributed by atoms with Crippen LogP contribution in [-0.2, 0) is 0 Å². The molecule has 1 amide bonds. The highest BCUT2D eigenvalue weighted by Crippen LogP contribution is 2.59. The quantitative estimate of drug-likeness (QED) is 0.635. The van der Waals surface area contributed by atoms with Crippen molar-refractivity contribution in [3.05, 3.63) is 102 Å². The highest BCUT2D eigenvalue weighted by Gasteiger charge is 2.57. The Hall–Kier alpha value is -2.98. The van der Waals surface area contributed by atoms with Crippen LogP contribution in [0.1, 0.15) is 52.6 Å². The Bertz CT molecular complexity index is 1000. The van der Waals surface area contributed by atoms with Crippen molar-refractivity contribution in [2.75, 3.05) is 14.1 Å². The predicted octanol–water partition coefficient (Wildman–Crippen LogP) is 4.86. The molecule has 0 aliphatic heterocycles. The number of nitrogens with one attached hydrogen (secondary N) is 1. The fourth-order valence-corrected chi connectivity index (χ4v) is 6.25. The summed E-state index contributed by atoms with van der Waals surface area (Å²) in [5.74, 6) is 1.11. The van der Waals surface area contributed by atoms with Gasteiger partial charge in [-0.05, 0) is 74.4 Å². The van der Waals surface area contributed by atoms with Crippen molar-refractivity contribution in [3.8, 4) is 0 Å². The molecule has 1 N–H and O–H groups in total. The number of fused-ring (bicyclic) bond motifs is 3. The third-order valence-corrected chi connectivity index (χ3v) is 7.84. The van der Waals surface area contributed by atoms with E-state index in [0.29, 0.717) is 23.3 Å². The zero-order chi connectivity index (χ0) is 22.1. The van der Waals surface area contributed by atoms with E-state index in [1.807, 2.05) is 12.1 Å². The third kappa shape index (κ3) is 3.73. The minimum Gasteiger partial charge on any atom is -0.349 e. The molecular weight excluding hydrogens is 394 g/mol. The second-order valence-corrected chi connectivity index (χ2v) is 9.66. The van der Waals surface area contributed by atoms with Gasteiger partial charge >= 0.3 is 0 Å². The molecule has 3 aliphatic carbocycles. The summed E-state index contributed by atoms with van der Waals surface area (Å²) in [6.45, 7) is 0. The molecule has 1 heterocycles. The Morgan fingerprint density at radius 1 is 0.875 bits per heavy atom. The lowest BCUT2D eigenvalue weighted by molar-refractivity contribution is -0.0301. The highest BCUT2D eigenvalue weighted by molar-refractivity contribution is 5.94. The minimum atomic E-state index is -0.0248. The molecule has 3 fully saturated rings. The van der Waals surface area contributed by atoms with Crippen LogP contribution in [0.3, 0.4) is 0 Å². The fourth-order valence-electron chi connectivity index (χ4n) is 6.25. The summed E-state index contributed by atoms with van der Waals surface area (Å²) < 4.78 is 0. The molecule has 3 aromatic rings. The van der Waals surface area contributed by atoms with E-state index in [1.54, 1.807) is 12.4 Å². The average Bonchev–Trinajstić information content (AvgIpc) is 2.85. The Balaban J connectivity index is 1.57. The van der Waals surface area contributed by atoms with E-state index in [-0.39, 0.29) is 17.5 Å². The van der Waals surface area contributed by atoms with Gasteiger partial charge in [0.25, 0.3) is 5.91 Å². The van der Waals surface area contributed by atoms with E-state index >= 15 is 0 Å². The predicted molar refractivity (Wildman–Crippen MR) is 128 cm³/mol. The zero-order valence-corrected chi connectivity index (χ0v) is 18.8. The highest BCUT2D eigenvalue weighted by atomic mass is 16.1. The summed E-state index contributed by atoms with van der Waals surface area (Å²) in [5, 5.41) is 3.44. The van der Waals surface area contributed by atoms with E-state index in [0.717, 1.165) is 19.3 Å². The monoisotopic (exact) mass is 425 g/mol. The van der Waals surface area contributed by atoms with Gasteiger partial charge in [0.15, 0.2) is 0 Å². The number of benzene rings is 2. The number of amides is 1. The second kappa shape index (κ2) is 8.51. The standard InChI is InChI=1S/C28H31N3O/c1-31(2)28-16-23(20-10-5-3-6-11-20)26(24(17-28)21-12-7-4-8-13-21)25(18-28)30-27(32)22-14-9-15-29-19-22/h3-15,19,23-26H,16-18H2,1-2H3,(H,30,32). The number of pyridine rings is 1. The summed E-state index contributed by atoms with van der Waals surface area (Å²) in [4.78, 5) is 19.7. The molecule has 0 radical (unpaired) electrons. The lowest BCUT2D eigenvalue weighted by Gasteiger charge is -2.61. The van der Waals surface area contributed by atoms with Crippen molar-refractivity contribution in [2.45, 2.75) is 42.7 Å². The number of rotatable bonds is 5. The topological polar surface area (TPSA) is 45.2 Å². The first kappa shape index (κ1) is 20.9. The van der Waals surface area contributed by atoms with Crippen molar-refractivity contribution >= 4 is 5.91 Å². The molecule has 3 atom stereocenters. The minimum absolute atomic E-state index is 0.0248. The van der Waals surface area contributed by atoms with Crippen LogP contribution < -0.4 is 5.32 Å². The van der Waals surface area contributed by atoms with Crippen LogP contribution in [0.2, 0.25) is 0 Å². The van der Waals surface area contributed by atoms with E-state index in [2.05, 4.69) is 90.0 Å². The van der Waals surface area contributed by atoms with Crippen molar-refractivity contribution in [1.82, 2.24) is 15.2 Å². The molecule has 32 heavy (non-hydrogen) atoms. The maximum atomic E-state index is 13.2. The van der Waals surface area contributed by atoms with Gasteiger partial charge < -0.3 is 10.2 Å². The smallest absolute Gasteiger partial charge is 0.253 e. The molecule has 4 heteroatoms. The van der Waals surface area contributed by atoms with Gasteiger partial charge in [0.1, 0.15) is 0 Å². The molecule has 3 saturated carbocycles. The van der Waals surface area contributed by atoms with Gasteiger partial charge in [-0.1, -0.05) is 60.7 Å². The fraction of sp³-hybridized carbons (Fsp3) is 0.357. The molecule has 6 rings (SSSR count). The van der Waals surface area contributed by atoms with Crippen LogP contribution in [-0.4, -0.2) is 41.5 Å². The summed E-state index contributed by atoms with van der Waals surface area (Å²) >= 11 is 0.